The molecule has 0 aliphatic carbocycles. The van der Waals surface area contributed by atoms with E-state index in [1.54, 1.807) is 0 Å². The molecule has 15 heavy (non-hydrogen) atoms. The lowest BCUT2D eigenvalue weighted by atomic mass is 10.3. The average molecular weight is 220 g/mol. The molecule has 92 valence electrons. The van der Waals surface area contributed by atoms with Gasteiger partial charge >= 0.3 is 0 Å². The highest BCUT2D eigenvalue weighted by molar-refractivity contribution is 4.58. The third-order valence-corrected chi connectivity index (χ3v) is 2.17. The molecule has 0 amide bonds. The Morgan fingerprint density at radius 1 is 0.733 bits per heavy atom. The molecule has 5 nitrogen and oxygen atoms in total. The Morgan fingerprint density at radius 3 is 1.87 bits per heavy atom. The van der Waals surface area contributed by atoms with Crippen molar-refractivity contribution in [1.29, 1.82) is 0 Å². The Labute approximate surface area is 91.7 Å². The molecule has 0 fully saturated rings. The fourth-order valence-corrected chi connectivity index (χ4v) is 1.37. The zero-order valence-electron chi connectivity index (χ0n) is 9.36. The van der Waals surface area contributed by atoms with Gasteiger partial charge in [0.2, 0.25) is 0 Å². The molecule has 0 radical (unpaired) electrons. The summed E-state index contributed by atoms with van der Waals surface area (Å²) in [5, 5.41) is 29.3. The molecule has 0 atom stereocenters. The smallest absolute Gasteiger partial charge is 0.0558 e. The van der Waals surface area contributed by atoms with Crippen molar-refractivity contribution >= 4 is 0 Å². The Morgan fingerprint density at radius 2 is 1.33 bits per heavy atom. The number of rotatable bonds is 11. The predicted octanol–water partition coefficient (Wildman–Crippen LogP) is -1.36. The number of hydrogen-bond donors (Lipinski definition) is 4. The molecule has 0 saturated carbocycles. The molecule has 0 aromatic carbocycles. The first-order valence-corrected chi connectivity index (χ1v) is 5.60. The molecule has 5 heteroatoms. The van der Waals surface area contributed by atoms with Crippen molar-refractivity contribution in [2.24, 2.45) is 0 Å². The van der Waals surface area contributed by atoms with Crippen LogP contribution in [0.4, 0.5) is 0 Å². The maximum Gasteiger partial charge on any atom is 0.0558 e. The van der Waals surface area contributed by atoms with Gasteiger partial charge in [0.25, 0.3) is 0 Å². The van der Waals surface area contributed by atoms with Gasteiger partial charge in [-0.2, -0.15) is 0 Å². The first-order chi connectivity index (χ1) is 7.35. The molecule has 0 aromatic rings. The van der Waals surface area contributed by atoms with Crippen LogP contribution in [0, 0.1) is 0 Å². The van der Waals surface area contributed by atoms with E-state index in [4.69, 9.17) is 15.3 Å². The number of nitrogens with zero attached hydrogens (tertiary/aromatic N) is 1. The van der Waals surface area contributed by atoms with Crippen LogP contribution in [0.5, 0.6) is 0 Å². The topological polar surface area (TPSA) is 76.0 Å². The van der Waals surface area contributed by atoms with E-state index in [2.05, 4.69) is 5.32 Å². The third kappa shape index (κ3) is 10.1. The molecule has 0 aromatic heterocycles. The van der Waals surface area contributed by atoms with E-state index in [1.807, 2.05) is 4.90 Å². The van der Waals surface area contributed by atoms with Crippen molar-refractivity contribution in [2.75, 3.05) is 52.5 Å². The third-order valence-electron chi connectivity index (χ3n) is 2.17. The van der Waals surface area contributed by atoms with Crippen molar-refractivity contribution in [1.82, 2.24) is 10.2 Å². The zero-order valence-corrected chi connectivity index (χ0v) is 9.36. The van der Waals surface area contributed by atoms with Gasteiger partial charge in [-0.3, -0.25) is 4.90 Å². The summed E-state index contributed by atoms with van der Waals surface area (Å²) in [6, 6.07) is 0. The summed E-state index contributed by atoms with van der Waals surface area (Å²) in [7, 11) is 0. The molecule has 4 N–H and O–H groups in total. The van der Waals surface area contributed by atoms with Gasteiger partial charge in [0.05, 0.1) is 13.2 Å². The summed E-state index contributed by atoms with van der Waals surface area (Å²) in [5.74, 6) is 0. The van der Waals surface area contributed by atoms with Gasteiger partial charge in [0.15, 0.2) is 0 Å². The maximum atomic E-state index is 8.77. The minimum absolute atomic E-state index is 0.137. The second kappa shape index (κ2) is 11.9. The van der Waals surface area contributed by atoms with E-state index in [0.717, 1.165) is 32.5 Å². The van der Waals surface area contributed by atoms with Crippen LogP contribution in [0.1, 0.15) is 12.8 Å². The van der Waals surface area contributed by atoms with E-state index < -0.39 is 0 Å². The molecule has 0 bridgehead atoms. The summed E-state index contributed by atoms with van der Waals surface area (Å²) < 4.78 is 0. The van der Waals surface area contributed by atoms with Crippen LogP contribution in [0.15, 0.2) is 0 Å². The molecular formula is C10H24N2O3. The Balaban J connectivity index is 3.28. The lowest BCUT2D eigenvalue weighted by molar-refractivity contribution is 0.159. The van der Waals surface area contributed by atoms with Gasteiger partial charge < -0.3 is 20.6 Å². The predicted molar refractivity (Wildman–Crippen MR) is 59.8 cm³/mol. The number of nitrogens with one attached hydrogen (secondary N) is 1. The van der Waals surface area contributed by atoms with E-state index in [9.17, 15) is 0 Å². The molecule has 0 aliphatic rings. The summed E-state index contributed by atoms with van der Waals surface area (Å²) in [6.45, 7) is 4.38. The van der Waals surface area contributed by atoms with Crippen molar-refractivity contribution in [3.63, 3.8) is 0 Å². The number of aliphatic hydroxyl groups excluding tert-OH is 3. The zero-order chi connectivity index (χ0) is 11.4. The van der Waals surface area contributed by atoms with Crippen LogP contribution in [0.3, 0.4) is 0 Å². The van der Waals surface area contributed by atoms with E-state index >= 15 is 0 Å². The van der Waals surface area contributed by atoms with Crippen molar-refractivity contribution in [3.8, 4) is 0 Å². The minimum Gasteiger partial charge on any atom is -0.396 e. The second-order valence-corrected chi connectivity index (χ2v) is 3.47. The van der Waals surface area contributed by atoms with E-state index in [0.29, 0.717) is 13.1 Å². The minimum atomic E-state index is 0.137. The highest BCUT2D eigenvalue weighted by atomic mass is 16.3. The first-order valence-electron chi connectivity index (χ1n) is 5.60. The van der Waals surface area contributed by atoms with Crippen LogP contribution in [0.2, 0.25) is 0 Å². The van der Waals surface area contributed by atoms with Gasteiger partial charge in [0.1, 0.15) is 0 Å². The fourth-order valence-electron chi connectivity index (χ4n) is 1.37. The molecular weight excluding hydrogens is 196 g/mol. The summed E-state index contributed by atoms with van der Waals surface area (Å²) in [5.41, 5.74) is 0. The van der Waals surface area contributed by atoms with E-state index in [1.165, 1.54) is 0 Å². The molecule has 0 spiro atoms. The standard InChI is InChI=1S/C10H24N2O3/c13-8-2-4-11-3-1-5-12(6-9-14)7-10-15/h11,13-15H,1-10H2. The van der Waals surface area contributed by atoms with Crippen LogP contribution < -0.4 is 5.32 Å². The van der Waals surface area contributed by atoms with Gasteiger partial charge in [-0.25, -0.2) is 0 Å². The van der Waals surface area contributed by atoms with Gasteiger partial charge in [-0.1, -0.05) is 0 Å². The lowest BCUT2D eigenvalue weighted by Crippen LogP contribution is -2.32. The van der Waals surface area contributed by atoms with Gasteiger partial charge in [-0.05, 0) is 32.5 Å². The van der Waals surface area contributed by atoms with Crippen molar-refractivity contribution < 1.29 is 15.3 Å². The number of hydrogen-bond acceptors (Lipinski definition) is 5. The fraction of sp³-hybridized carbons (Fsp3) is 1.00. The highest BCUT2D eigenvalue weighted by Gasteiger charge is 2.01. The molecule has 0 aliphatic heterocycles. The normalized spacial score (nSPS) is 11.2. The Kier molecular flexibility index (Phi) is 11.7. The molecule has 0 heterocycles. The lowest BCUT2D eigenvalue weighted by Gasteiger charge is -2.19. The number of aliphatic hydroxyl groups is 3. The molecule has 0 saturated heterocycles. The average Bonchev–Trinajstić information content (AvgIpc) is 2.24. The Hall–Kier alpha value is -0.200. The van der Waals surface area contributed by atoms with Crippen LogP contribution >= 0.6 is 0 Å². The van der Waals surface area contributed by atoms with Gasteiger partial charge in [0, 0.05) is 19.7 Å². The van der Waals surface area contributed by atoms with Gasteiger partial charge in [-0.15, -0.1) is 0 Å². The second-order valence-electron chi connectivity index (χ2n) is 3.47. The van der Waals surface area contributed by atoms with Crippen molar-refractivity contribution in [3.05, 3.63) is 0 Å². The largest absolute Gasteiger partial charge is 0.396 e. The maximum absolute atomic E-state index is 8.77. The highest BCUT2D eigenvalue weighted by Crippen LogP contribution is 1.90. The summed E-state index contributed by atoms with van der Waals surface area (Å²) in [4.78, 5) is 2.04. The SMILES string of the molecule is OCCCNCCCN(CCO)CCO. The van der Waals surface area contributed by atoms with Crippen molar-refractivity contribution in [2.45, 2.75) is 12.8 Å². The molecule has 0 rings (SSSR count). The quantitative estimate of drug-likeness (QED) is 0.323. The van der Waals surface area contributed by atoms with E-state index in [-0.39, 0.29) is 19.8 Å². The van der Waals surface area contributed by atoms with Crippen LogP contribution in [-0.4, -0.2) is 72.8 Å². The molecule has 0 unspecified atom stereocenters. The Bertz CT molecular complexity index is 119. The summed E-state index contributed by atoms with van der Waals surface area (Å²) >= 11 is 0. The van der Waals surface area contributed by atoms with Crippen LogP contribution in [0.25, 0.3) is 0 Å². The summed E-state index contributed by atoms with van der Waals surface area (Å²) in [6.07, 6.45) is 1.78. The van der Waals surface area contributed by atoms with Crippen LogP contribution in [-0.2, 0) is 0 Å². The monoisotopic (exact) mass is 220 g/mol. The first kappa shape index (κ1) is 14.8.